The monoisotopic (exact) mass is 254 g/mol. The molecule has 1 aromatic carbocycles. The second-order valence-corrected chi connectivity index (χ2v) is 3.54. The van der Waals surface area contributed by atoms with E-state index in [0.29, 0.717) is 39.6 Å². The maximum Gasteiger partial charge on any atom is 0.161 e. The zero-order chi connectivity index (χ0) is 13.1. The smallest absolute Gasteiger partial charge is 0.161 e. The molecule has 0 atom stereocenters. The topological polar surface area (TPSA) is 36.9 Å². The van der Waals surface area contributed by atoms with E-state index in [4.69, 9.17) is 18.9 Å². The Bertz CT molecular complexity index is 283. The Kier molecular flexibility index (Phi) is 8.01. The average Bonchev–Trinajstić information content (AvgIpc) is 2.41. The average molecular weight is 254 g/mol. The van der Waals surface area contributed by atoms with Gasteiger partial charge in [0.15, 0.2) is 11.5 Å². The molecule has 0 aliphatic heterocycles. The molecule has 0 unspecified atom stereocenters. The second kappa shape index (κ2) is 9.74. The van der Waals surface area contributed by atoms with Gasteiger partial charge in [-0.25, -0.2) is 0 Å². The molecule has 0 N–H and O–H groups in total. The third-order valence-corrected chi connectivity index (χ3v) is 2.23. The van der Waals surface area contributed by atoms with Crippen molar-refractivity contribution >= 4 is 0 Å². The van der Waals surface area contributed by atoms with Gasteiger partial charge in [0.05, 0.1) is 13.2 Å². The summed E-state index contributed by atoms with van der Waals surface area (Å²) in [6.07, 6.45) is 0. The minimum atomic E-state index is 0.527. The van der Waals surface area contributed by atoms with Crippen LogP contribution in [0.5, 0.6) is 11.5 Å². The van der Waals surface area contributed by atoms with Gasteiger partial charge in [-0.1, -0.05) is 12.1 Å². The largest absolute Gasteiger partial charge is 0.487 e. The van der Waals surface area contributed by atoms with E-state index in [2.05, 4.69) is 0 Å². The minimum absolute atomic E-state index is 0.527. The molecule has 0 bridgehead atoms. The lowest BCUT2D eigenvalue weighted by molar-refractivity contribution is 0.0999. The van der Waals surface area contributed by atoms with E-state index in [1.54, 1.807) is 0 Å². The van der Waals surface area contributed by atoms with Gasteiger partial charge in [-0.05, 0) is 26.0 Å². The fraction of sp³-hybridized carbons (Fsp3) is 0.571. The van der Waals surface area contributed by atoms with E-state index in [1.807, 2.05) is 38.1 Å². The minimum Gasteiger partial charge on any atom is -0.487 e. The Hall–Kier alpha value is -1.26. The highest BCUT2D eigenvalue weighted by Crippen LogP contribution is 2.26. The van der Waals surface area contributed by atoms with Crippen LogP contribution in [0.2, 0.25) is 0 Å². The first-order valence-electron chi connectivity index (χ1n) is 6.38. The van der Waals surface area contributed by atoms with Gasteiger partial charge in [-0.3, -0.25) is 0 Å². The van der Waals surface area contributed by atoms with Crippen LogP contribution in [0, 0.1) is 0 Å². The van der Waals surface area contributed by atoms with Crippen molar-refractivity contribution in [2.24, 2.45) is 0 Å². The molecule has 0 aromatic heterocycles. The summed E-state index contributed by atoms with van der Waals surface area (Å²) < 4.78 is 21.7. The van der Waals surface area contributed by atoms with E-state index >= 15 is 0 Å². The fourth-order valence-corrected chi connectivity index (χ4v) is 1.40. The van der Waals surface area contributed by atoms with Crippen LogP contribution < -0.4 is 9.47 Å². The molecule has 1 aromatic rings. The van der Waals surface area contributed by atoms with Crippen molar-refractivity contribution in [3.63, 3.8) is 0 Å². The molecule has 18 heavy (non-hydrogen) atoms. The maximum absolute atomic E-state index is 5.61. The van der Waals surface area contributed by atoms with Gasteiger partial charge in [0.2, 0.25) is 0 Å². The summed E-state index contributed by atoms with van der Waals surface area (Å²) in [6, 6.07) is 7.63. The number of rotatable bonds is 10. The van der Waals surface area contributed by atoms with Crippen molar-refractivity contribution in [3.05, 3.63) is 24.3 Å². The van der Waals surface area contributed by atoms with Crippen LogP contribution in [0.25, 0.3) is 0 Å². The summed E-state index contributed by atoms with van der Waals surface area (Å²) in [5.41, 5.74) is 0. The van der Waals surface area contributed by atoms with Crippen LogP contribution in [-0.2, 0) is 9.47 Å². The van der Waals surface area contributed by atoms with E-state index in [1.165, 1.54) is 0 Å². The van der Waals surface area contributed by atoms with Gasteiger partial charge in [-0.15, -0.1) is 0 Å². The molecule has 0 saturated heterocycles. The van der Waals surface area contributed by atoms with Crippen LogP contribution in [0.1, 0.15) is 13.8 Å². The van der Waals surface area contributed by atoms with E-state index < -0.39 is 0 Å². The Morgan fingerprint density at radius 1 is 0.722 bits per heavy atom. The predicted octanol–water partition coefficient (Wildman–Crippen LogP) is 2.52. The fourth-order valence-electron chi connectivity index (χ4n) is 1.40. The zero-order valence-corrected chi connectivity index (χ0v) is 11.2. The Morgan fingerprint density at radius 2 is 1.17 bits per heavy atom. The van der Waals surface area contributed by atoms with E-state index in [0.717, 1.165) is 11.5 Å². The predicted molar refractivity (Wildman–Crippen MR) is 70.4 cm³/mol. The van der Waals surface area contributed by atoms with Crippen molar-refractivity contribution < 1.29 is 18.9 Å². The lowest BCUT2D eigenvalue weighted by Crippen LogP contribution is -2.09. The van der Waals surface area contributed by atoms with E-state index in [9.17, 15) is 0 Å². The molecule has 1 rings (SSSR count). The van der Waals surface area contributed by atoms with Crippen molar-refractivity contribution in [2.75, 3.05) is 39.6 Å². The molecule has 102 valence electrons. The maximum atomic E-state index is 5.61. The Morgan fingerprint density at radius 3 is 1.56 bits per heavy atom. The first-order chi connectivity index (χ1) is 8.88. The number of hydrogen-bond donors (Lipinski definition) is 0. The van der Waals surface area contributed by atoms with E-state index in [-0.39, 0.29) is 0 Å². The molecule has 0 saturated carbocycles. The summed E-state index contributed by atoms with van der Waals surface area (Å²) in [5, 5.41) is 0. The van der Waals surface area contributed by atoms with Crippen molar-refractivity contribution in [3.8, 4) is 11.5 Å². The van der Waals surface area contributed by atoms with Gasteiger partial charge in [0, 0.05) is 13.2 Å². The highest BCUT2D eigenvalue weighted by molar-refractivity contribution is 5.39. The summed E-state index contributed by atoms with van der Waals surface area (Å²) in [4.78, 5) is 0. The van der Waals surface area contributed by atoms with Crippen molar-refractivity contribution in [1.29, 1.82) is 0 Å². The summed E-state index contributed by atoms with van der Waals surface area (Å²) in [7, 11) is 0. The highest BCUT2D eigenvalue weighted by atomic mass is 16.6. The molecule has 0 spiro atoms. The van der Waals surface area contributed by atoms with Crippen LogP contribution in [-0.4, -0.2) is 39.6 Å². The van der Waals surface area contributed by atoms with Crippen LogP contribution >= 0.6 is 0 Å². The third-order valence-electron chi connectivity index (χ3n) is 2.23. The molecule has 4 nitrogen and oxygen atoms in total. The zero-order valence-electron chi connectivity index (χ0n) is 11.2. The lowest BCUT2D eigenvalue weighted by atomic mass is 10.3. The Balaban J connectivity index is 2.36. The van der Waals surface area contributed by atoms with Gasteiger partial charge >= 0.3 is 0 Å². The van der Waals surface area contributed by atoms with Crippen molar-refractivity contribution in [2.45, 2.75) is 13.8 Å². The molecule has 0 fully saturated rings. The first kappa shape index (κ1) is 14.8. The number of para-hydroxylation sites is 2. The third kappa shape index (κ3) is 5.89. The van der Waals surface area contributed by atoms with Crippen LogP contribution in [0.4, 0.5) is 0 Å². The quantitative estimate of drug-likeness (QED) is 0.601. The summed E-state index contributed by atoms with van der Waals surface area (Å²) in [6.45, 7) is 7.56. The van der Waals surface area contributed by atoms with Crippen molar-refractivity contribution in [1.82, 2.24) is 0 Å². The summed E-state index contributed by atoms with van der Waals surface area (Å²) in [5.74, 6) is 1.49. The summed E-state index contributed by atoms with van der Waals surface area (Å²) >= 11 is 0. The van der Waals surface area contributed by atoms with Crippen LogP contribution in [0.3, 0.4) is 0 Å². The van der Waals surface area contributed by atoms with Crippen LogP contribution in [0.15, 0.2) is 24.3 Å². The second-order valence-electron chi connectivity index (χ2n) is 3.54. The molecular formula is C14H22O4. The lowest BCUT2D eigenvalue weighted by Gasteiger charge is -2.12. The van der Waals surface area contributed by atoms with Gasteiger partial charge in [-0.2, -0.15) is 0 Å². The molecule has 0 amide bonds. The molecule has 0 aliphatic carbocycles. The molecule has 4 heteroatoms. The molecular weight excluding hydrogens is 232 g/mol. The Labute approximate surface area is 109 Å². The standard InChI is InChI=1S/C14H22O4/c1-3-15-9-11-17-13-7-5-6-8-14(13)18-12-10-16-4-2/h5-8H,3-4,9-12H2,1-2H3. The number of ether oxygens (including phenoxy) is 4. The van der Waals surface area contributed by atoms with Gasteiger partial charge in [0.1, 0.15) is 13.2 Å². The molecule has 0 aliphatic rings. The van der Waals surface area contributed by atoms with Gasteiger partial charge < -0.3 is 18.9 Å². The molecule has 0 radical (unpaired) electrons. The normalized spacial score (nSPS) is 10.3. The SMILES string of the molecule is CCOCCOc1ccccc1OCCOCC. The highest BCUT2D eigenvalue weighted by Gasteiger charge is 2.03. The number of hydrogen-bond acceptors (Lipinski definition) is 4. The molecule has 0 heterocycles. The first-order valence-corrected chi connectivity index (χ1v) is 6.38. The van der Waals surface area contributed by atoms with Gasteiger partial charge in [0.25, 0.3) is 0 Å². The number of benzene rings is 1.